The summed E-state index contributed by atoms with van der Waals surface area (Å²) in [6, 6.07) is 7.38. The third kappa shape index (κ3) is 1.99. The molecule has 3 nitrogen and oxygen atoms in total. The van der Waals surface area contributed by atoms with Gasteiger partial charge >= 0.3 is 0 Å². The van der Waals surface area contributed by atoms with E-state index in [-0.39, 0.29) is 5.75 Å². The number of anilines is 1. The van der Waals surface area contributed by atoms with Crippen molar-refractivity contribution >= 4 is 28.2 Å². The lowest BCUT2D eigenvalue weighted by molar-refractivity contribution is 0.476. The third-order valence-electron chi connectivity index (χ3n) is 3.53. The fourth-order valence-electron chi connectivity index (χ4n) is 2.54. The summed E-state index contributed by atoms with van der Waals surface area (Å²) in [6.07, 6.45) is 2.93. The first-order chi connectivity index (χ1) is 8.78. The zero-order valence-electron chi connectivity index (χ0n) is 10.0. The van der Waals surface area contributed by atoms with Gasteiger partial charge in [-0.2, -0.15) is 0 Å². The number of benzene rings is 1. The molecule has 0 radical (unpaired) electrons. The van der Waals surface area contributed by atoms with Gasteiger partial charge in [0.25, 0.3) is 0 Å². The number of hydrogen-bond donors (Lipinski definition) is 1. The maximum absolute atomic E-state index is 9.63. The Balaban J connectivity index is 2.04. The van der Waals surface area contributed by atoms with Crippen molar-refractivity contribution in [3.8, 4) is 5.75 Å². The molecule has 0 spiro atoms. The number of phenolic OH excluding ortho intramolecular Hbond substituents is 1. The lowest BCUT2D eigenvalue weighted by Crippen LogP contribution is -2.21. The van der Waals surface area contributed by atoms with Gasteiger partial charge in [-0.05, 0) is 35.9 Å². The van der Waals surface area contributed by atoms with Crippen molar-refractivity contribution < 1.29 is 5.11 Å². The summed E-state index contributed by atoms with van der Waals surface area (Å²) in [6.45, 7) is 1.93. The lowest BCUT2D eigenvalue weighted by atomic mass is 10.1. The van der Waals surface area contributed by atoms with Crippen molar-refractivity contribution in [1.82, 2.24) is 4.98 Å². The predicted octanol–water partition coefficient (Wildman–Crippen LogP) is 3.01. The fourth-order valence-corrected chi connectivity index (χ4v) is 2.80. The van der Waals surface area contributed by atoms with E-state index in [0.717, 1.165) is 36.1 Å². The average Bonchev–Trinajstić information content (AvgIpc) is 2.86. The highest BCUT2D eigenvalue weighted by molar-refractivity contribution is 6.18. The second-order valence-electron chi connectivity index (χ2n) is 4.80. The van der Waals surface area contributed by atoms with Crippen molar-refractivity contribution in [3.05, 3.63) is 30.5 Å². The van der Waals surface area contributed by atoms with Gasteiger partial charge in [-0.15, -0.1) is 11.6 Å². The molecule has 1 saturated heterocycles. The van der Waals surface area contributed by atoms with Gasteiger partial charge < -0.3 is 10.0 Å². The van der Waals surface area contributed by atoms with E-state index < -0.39 is 0 Å². The van der Waals surface area contributed by atoms with E-state index in [2.05, 4.69) is 9.88 Å². The molecular formula is C14H15ClN2O. The Morgan fingerprint density at radius 2 is 2.28 bits per heavy atom. The Morgan fingerprint density at radius 3 is 3.06 bits per heavy atom. The summed E-state index contributed by atoms with van der Waals surface area (Å²) in [7, 11) is 0. The number of halogens is 1. The highest BCUT2D eigenvalue weighted by Crippen LogP contribution is 2.31. The van der Waals surface area contributed by atoms with E-state index in [1.165, 1.54) is 0 Å². The molecule has 1 unspecified atom stereocenters. The second-order valence-corrected chi connectivity index (χ2v) is 5.10. The molecule has 1 aliphatic heterocycles. The van der Waals surface area contributed by atoms with Crippen LogP contribution in [-0.4, -0.2) is 29.1 Å². The number of alkyl halides is 1. The second kappa shape index (κ2) is 4.65. The van der Waals surface area contributed by atoms with Crippen LogP contribution in [0.2, 0.25) is 0 Å². The van der Waals surface area contributed by atoms with Gasteiger partial charge in [-0.25, -0.2) is 4.98 Å². The van der Waals surface area contributed by atoms with Crippen LogP contribution in [0.4, 0.5) is 5.82 Å². The highest BCUT2D eigenvalue weighted by Gasteiger charge is 2.23. The quantitative estimate of drug-likeness (QED) is 0.846. The smallest absolute Gasteiger partial charge is 0.136 e. The van der Waals surface area contributed by atoms with Crippen molar-refractivity contribution in [3.63, 3.8) is 0 Å². The van der Waals surface area contributed by atoms with Crippen LogP contribution in [-0.2, 0) is 0 Å². The van der Waals surface area contributed by atoms with Gasteiger partial charge in [0.1, 0.15) is 11.6 Å². The molecule has 1 aromatic heterocycles. The summed E-state index contributed by atoms with van der Waals surface area (Å²) < 4.78 is 0. The predicted molar refractivity (Wildman–Crippen MR) is 74.4 cm³/mol. The number of aromatic nitrogens is 1. The van der Waals surface area contributed by atoms with Crippen molar-refractivity contribution in [2.24, 2.45) is 5.92 Å². The number of fused-ring (bicyclic) bond motifs is 1. The van der Waals surface area contributed by atoms with E-state index in [1.54, 1.807) is 12.1 Å². The average molecular weight is 263 g/mol. The number of aromatic hydroxyl groups is 1. The molecule has 0 amide bonds. The molecule has 3 rings (SSSR count). The number of hydrogen-bond acceptors (Lipinski definition) is 3. The van der Waals surface area contributed by atoms with Crippen LogP contribution in [0.5, 0.6) is 5.75 Å². The first-order valence-corrected chi connectivity index (χ1v) is 6.70. The number of pyridine rings is 1. The largest absolute Gasteiger partial charge is 0.508 e. The van der Waals surface area contributed by atoms with Gasteiger partial charge in [0.05, 0.1) is 0 Å². The molecule has 1 atom stereocenters. The SMILES string of the molecule is Oc1ccc2ccnc(N3CCC(CCl)C3)c2c1. The molecular weight excluding hydrogens is 248 g/mol. The van der Waals surface area contributed by atoms with Crippen molar-refractivity contribution in [1.29, 1.82) is 0 Å². The molecule has 0 saturated carbocycles. The van der Waals surface area contributed by atoms with E-state index in [4.69, 9.17) is 11.6 Å². The maximum Gasteiger partial charge on any atom is 0.136 e. The zero-order valence-corrected chi connectivity index (χ0v) is 10.8. The van der Waals surface area contributed by atoms with Crippen LogP contribution in [0, 0.1) is 5.92 Å². The van der Waals surface area contributed by atoms with E-state index in [9.17, 15) is 5.11 Å². The third-order valence-corrected chi connectivity index (χ3v) is 3.97. The van der Waals surface area contributed by atoms with E-state index >= 15 is 0 Å². The lowest BCUT2D eigenvalue weighted by Gasteiger charge is -2.19. The van der Waals surface area contributed by atoms with E-state index in [1.807, 2.05) is 18.3 Å². The summed E-state index contributed by atoms with van der Waals surface area (Å²) >= 11 is 5.92. The van der Waals surface area contributed by atoms with Gasteiger partial charge in [-0.1, -0.05) is 6.07 Å². The van der Waals surface area contributed by atoms with Gasteiger partial charge in [0, 0.05) is 30.6 Å². The molecule has 2 heterocycles. The molecule has 0 bridgehead atoms. The first-order valence-electron chi connectivity index (χ1n) is 6.16. The Kier molecular flexibility index (Phi) is 3.00. The molecule has 4 heteroatoms. The van der Waals surface area contributed by atoms with Crippen LogP contribution >= 0.6 is 11.6 Å². The molecule has 0 aliphatic carbocycles. The number of phenols is 1. The fraction of sp³-hybridized carbons (Fsp3) is 0.357. The zero-order chi connectivity index (χ0) is 12.5. The van der Waals surface area contributed by atoms with Gasteiger partial charge in [-0.3, -0.25) is 0 Å². The highest BCUT2D eigenvalue weighted by atomic mass is 35.5. The Labute approximate surface area is 111 Å². The van der Waals surface area contributed by atoms with Crippen molar-refractivity contribution in [2.75, 3.05) is 23.9 Å². The minimum Gasteiger partial charge on any atom is -0.508 e. The Hall–Kier alpha value is -1.48. The molecule has 1 aliphatic rings. The molecule has 1 fully saturated rings. The van der Waals surface area contributed by atoms with Crippen LogP contribution in [0.15, 0.2) is 30.5 Å². The molecule has 2 aromatic rings. The molecule has 1 aromatic carbocycles. The topological polar surface area (TPSA) is 36.4 Å². The van der Waals surface area contributed by atoms with Gasteiger partial charge in [0.15, 0.2) is 0 Å². The monoisotopic (exact) mass is 262 g/mol. The first kappa shape index (κ1) is 11.6. The van der Waals surface area contributed by atoms with Crippen molar-refractivity contribution in [2.45, 2.75) is 6.42 Å². The Morgan fingerprint density at radius 1 is 1.39 bits per heavy atom. The summed E-state index contributed by atoms with van der Waals surface area (Å²) in [5.41, 5.74) is 0. The standard InChI is InChI=1S/C14H15ClN2O/c15-8-10-4-6-17(9-10)14-13-7-12(18)2-1-11(13)3-5-16-14/h1-3,5,7,10,18H,4,6,8-9H2. The molecule has 18 heavy (non-hydrogen) atoms. The Bertz CT molecular complexity index is 573. The normalized spacial score (nSPS) is 19.6. The number of rotatable bonds is 2. The minimum atomic E-state index is 0.282. The van der Waals surface area contributed by atoms with Crippen LogP contribution in [0.25, 0.3) is 10.8 Å². The summed E-state index contributed by atoms with van der Waals surface area (Å²) in [4.78, 5) is 6.73. The maximum atomic E-state index is 9.63. The van der Waals surface area contributed by atoms with E-state index in [0.29, 0.717) is 11.8 Å². The minimum absolute atomic E-state index is 0.282. The number of nitrogens with zero attached hydrogens (tertiary/aromatic N) is 2. The molecule has 1 N–H and O–H groups in total. The van der Waals surface area contributed by atoms with Gasteiger partial charge in [0.2, 0.25) is 0 Å². The van der Waals surface area contributed by atoms with Crippen LogP contribution in [0.3, 0.4) is 0 Å². The molecule has 94 valence electrons. The van der Waals surface area contributed by atoms with Crippen LogP contribution in [0.1, 0.15) is 6.42 Å². The summed E-state index contributed by atoms with van der Waals surface area (Å²) in [5, 5.41) is 11.7. The van der Waals surface area contributed by atoms with Crippen LogP contribution < -0.4 is 4.90 Å². The summed E-state index contributed by atoms with van der Waals surface area (Å²) in [5.74, 6) is 2.48.